The summed E-state index contributed by atoms with van der Waals surface area (Å²) in [4.78, 5) is 2.10. The summed E-state index contributed by atoms with van der Waals surface area (Å²) in [6.45, 7) is 0.856. The third-order valence-corrected chi connectivity index (χ3v) is 2.41. The van der Waals surface area contributed by atoms with E-state index in [0.717, 1.165) is 24.5 Å². The smallest absolute Gasteiger partial charge is 0.118 e. The highest BCUT2D eigenvalue weighted by Crippen LogP contribution is 2.13. The summed E-state index contributed by atoms with van der Waals surface area (Å²) in [5.41, 5.74) is 1.29. The van der Waals surface area contributed by atoms with Gasteiger partial charge in [-0.05, 0) is 31.8 Å². The zero-order valence-electron chi connectivity index (χ0n) is 9.81. The Kier molecular flexibility index (Phi) is 3.42. The second kappa shape index (κ2) is 4.99. The second-order valence-electron chi connectivity index (χ2n) is 4.27. The molecule has 0 aliphatic heterocycles. The first-order chi connectivity index (χ1) is 7.74. The molecule has 16 heavy (non-hydrogen) atoms. The van der Waals surface area contributed by atoms with Crippen molar-refractivity contribution in [1.82, 2.24) is 4.90 Å². The first kappa shape index (κ1) is 11.0. The van der Waals surface area contributed by atoms with Crippen LogP contribution >= 0.6 is 0 Å². The maximum absolute atomic E-state index is 5.76. The quantitative estimate of drug-likeness (QED) is 0.779. The maximum atomic E-state index is 5.76. The number of furan rings is 1. The molecule has 2 heteroatoms. The van der Waals surface area contributed by atoms with Gasteiger partial charge in [0, 0.05) is 6.42 Å². The molecule has 0 amide bonds. The third-order valence-electron chi connectivity index (χ3n) is 2.41. The van der Waals surface area contributed by atoms with Crippen LogP contribution in [0.25, 0.3) is 0 Å². The van der Waals surface area contributed by atoms with Crippen LogP contribution in [0.3, 0.4) is 0 Å². The molecule has 0 aliphatic rings. The number of benzene rings is 1. The van der Waals surface area contributed by atoms with E-state index in [2.05, 4.69) is 41.3 Å². The van der Waals surface area contributed by atoms with Crippen molar-refractivity contribution in [3.05, 3.63) is 59.5 Å². The third kappa shape index (κ3) is 2.97. The van der Waals surface area contributed by atoms with Crippen molar-refractivity contribution in [3.8, 4) is 0 Å². The monoisotopic (exact) mass is 215 g/mol. The largest absolute Gasteiger partial charge is 0.464 e. The van der Waals surface area contributed by atoms with Crippen molar-refractivity contribution < 1.29 is 4.42 Å². The van der Waals surface area contributed by atoms with Gasteiger partial charge in [-0.2, -0.15) is 0 Å². The Morgan fingerprint density at radius 3 is 2.31 bits per heavy atom. The number of hydrogen-bond acceptors (Lipinski definition) is 2. The molecule has 1 aromatic carbocycles. The van der Waals surface area contributed by atoms with Gasteiger partial charge in [0.25, 0.3) is 0 Å². The molecule has 0 aliphatic carbocycles. The van der Waals surface area contributed by atoms with Gasteiger partial charge in [0.1, 0.15) is 11.5 Å². The molecule has 0 radical (unpaired) electrons. The summed E-state index contributed by atoms with van der Waals surface area (Å²) >= 11 is 0. The predicted molar refractivity (Wildman–Crippen MR) is 65.3 cm³/mol. The molecule has 0 N–H and O–H groups in total. The van der Waals surface area contributed by atoms with Crippen LogP contribution in [0.2, 0.25) is 0 Å². The van der Waals surface area contributed by atoms with Crippen molar-refractivity contribution in [1.29, 1.82) is 0 Å². The van der Waals surface area contributed by atoms with Crippen molar-refractivity contribution in [2.75, 3.05) is 14.1 Å². The van der Waals surface area contributed by atoms with Gasteiger partial charge in [0.05, 0.1) is 6.54 Å². The topological polar surface area (TPSA) is 16.4 Å². The van der Waals surface area contributed by atoms with Crippen LogP contribution in [0.15, 0.2) is 46.9 Å². The number of hydrogen-bond donors (Lipinski definition) is 0. The van der Waals surface area contributed by atoms with Gasteiger partial charge in [0.15, 0.2) is 0 Å². The van der Waals surface area contributed by atoms with Crippen LogP contribution < -0.4 is 0 Å². The first-order valence-corrected chi connectivity index (χ1v) is 5.50. The van der Waals surface area contributed by atoms with E-state index in [0.29, 0.717) is 0 Å². The highest BCUT2D eigenvalue weighted by molar-refractivity contribution is 5.21. The van der Waals surface area contributed by atoms with Gasteiger partial charge in [-0.1, -0.05) is 30.3 Å². The van der Waals surface area contributed by atoms with Crippen LogP contribution in [0.4, 0.5) is 0 Å². The standard InChI is InChI=1S/C14H17NO/c1-15(2)11-14-9-8-13(16-14)10-12-6-4-3-5-7-12/h3-9H,10-11H2,1-2H3. The Labute approximate surface area is 96.5 Å². The Morgan fingerprint density at radius 1 is 0.938 bits per heavy atom. The average molecular weight is 215 g/mol. The highest BCUT2D eigenvalue weighted by atomic mass is 16.3. The minimum atomic E-state index is 0.856. The molecule has 0 saturated heterocycles. The lowest BCUT2D eigenvalue weighted by Gasteiger charge is -2.05. The SMILES string of the molecule is CN(C)Cc1ccc(Cc2ccccc2)o1. The van der Waals surface area contributed by atoms with Crippen molar-refractivity contribution in [2.24, 2.45) is 0 Å². The van der Waals surface area contributed by atoms with E-state index in [9.17, 15) is 0 Å². The number of nitrogens with zero attached hydrogens (tertiary/aromatic N) is 1. The minimum Gasteiger partial charge on any atom is -0.464 e. The predicted octanol–water partition coefficient (Wildman–Crippen LogP) is 2.93. The van der Waals surface area contributed by atoms with Gasteiger partial charge in [0.2, 0.25) is 0 Å². The van der Waals surface area contributed by atoms with Gasteiger partial charge < -0.3 is 9.32 Å². The van der Waals surface area contributed by atoms with Crippen molar-refractivity contribution in [2.45, 2.75) is 13.0 Å². The summed E-state index contributed by atoms with van der Waals surface area (Å²) < 4.78 is 5.76. The Hall–Kier alpha value is -1.54. The van der Waals surface area contributed by atoms with E-state index in [1.807, 2.05) is 20.2 Å². The lowest BCUT2D eigenvalue weighted by atomic mass is 10.1. The molecule has 1 aromatic heterocycles. The summed E-state index contributed by atoms with van der Waals surface area (Å²) in [5, 5.41) is 0. The molecular formula is C14H17NO. The maximum Gasteiger partial charge on any atom is 0.118 e. The fraction of sp³-hybridized carbons (Fsp3) is 0.286. The summed E-state index contributed by atoms with van der Waals surface area (Å²) in [7, 11) is 4.08. The van der Waals surface area contributed by atoms with Crippen LogP contribution in [0.1, 0.15) is 17.1 Å². The van der Waals surface area contributed by atoms with E-state index in [-0.39, 0.29) is 0 Å². The molecule has 0 spiro atoms. The normalized spacial score (nSPS) is 10.9. The molecule has 0 bridgehead atoms. The summed E-state index contributed by atoms with van der Waals surface area (Å²) in [6.07, 6.45) is 0.869. The van der Waals surface area contributed by atoms with Crippen LogP contribution in [-0.2, 0) is 13.0 Å². The van der Waals surface area contributed by atoms with E-state index in [1.165, 1.54) is 5.56 Å². The minimum absolute atomic E-state index is 0.856. The van der Waals surface area contributed by atoms with Crippen LogP contribution in [-0.4, -0.2) is 19.0 Å². The molecule has 0 saturated carbocycles. The van der Waals surface area contributed by atoms with Gasteiger partial charge >= 0.3 is 0 Å². The Balaban J connectivity index is 2.03. The van der Waals surface area contributed by atoms with Crippen LogP contribution in [0.5, 0.6) is 0 Å². The van der Waals surface area contributed by atoms with E-state index < -0.39 is 0 Å². The first-order valence-electron chi connectivity index (χ1n) is 5.50. The Bertz CT molecular complexity index is 431. The Morgan fingerprint density at radius 2 is 1.62 bits per heavy atom. The van der Waals surface area contributed by atoms with Gasteiger partial charge in [-0.15, -0.1) is 0 Å². The van der Waals surface area contributed by atoms with Crippen molar-refractivity contribution >= 4 is 0 Å². The van der Waals surface area contributed by atoms with E-state index >= 15 is 0 Å². The number of rotatable bonds is 4. The molecule has 0 fully saturated rings. The van der Waals surface area contributed by atoms with Gasteiger partial charge in [-0.3, -0.25) is 0 Å². The average Bonchev–Trinajstić information content (AvgIpc) is 2.66. The molecule has 2 aromatic rings. The fourth-order valence-electron chi connectivity index (χ4n) is 1.71. The van der Waals surface area contributed by atoms with Crippen molar-refractivity contribution in [3.63, 3.8) is 0 Å². The summed E-state index contributed by atoms with van der Waals surface area (Å²) in [6, 6.07) is 14.5. The lowest BCUT2D eigenvalue weighted by molar-refractivity contribution is 0.343. The zero-order valence-corrected chi connectivity index (χ0v) is 9.81. The fourth-order valence-corrected chi connectivity index (χ4v) is 1.71. The highest BCUT2D eigenvalue weighted by Gasteiger charge is 2.03. The molecule has 84 valence electrons. The molecule has 2 rings (SSSR count). The second-order valence-corrected chi connectivity index (χ2v) is 4.27. The van der Waals surface area contributed by atoms with E-state index in [4.69, 9.17) is 4.42 Å². The lowest BCUT2D eigenvalue weighted by Crippen LogP contribution is -2.09. The van der Waals surface area contributed by atoms with Crippen LogP contribution in [0, 0.1) is 0 Å². The zero-order chi connectivity index (χ0) is 11.4. The molecule has 0 atom stereocenters. The van der Waals surface area contributed by atoms with E-state index in [1.54, 1.807) is 0 Å². The molecule has 1 heterocycles. The molecular weight excluding hydrogens is 198 g/mol. The van der Waals surface area contributed by atoms with Gasteiger partial charge in [-0.25, -0.2) is 0 Å². The molecule has 0 unspecified atom stereocenters. The summed E-state index contributed by atoms with van der Waals surface area (Å²) in [5.74, 6) is 2.05. The molecule has 2 nitrogen and oxygen atoms in total.